The van der Waals surface area contributed by atoms with Crippen molar-refractivity contribution in [1.82, 2.24) is 4.98 Å². The monoisotopic (exact) mass is 307 g/mol. The minimum absolute atomic E-state index is 0.0377. The van der Waals surface area contributed by atoms with Crippen LogP contribution in [0, 0.1) is 12.7 Å². The van der Waals surface area contributed by atoms with E-state index < -0.39 is 5.82 Å². The van der Waals surface area contributed by atoms with E-state index in [1.54, 1.807) is 6.07 Å². The summed E-state index contributed by atoms with van der Waals surface area (Å²) < 4.78 is 20.0. The number of alkyl halides is 1. The fraction of sp³-hybridized carbons (Fsp3) is 0.353. The maximum Gasteiger partial charge on any atom is 0.256 e. The van der Waals surface area contributed by atoms with E-state index in [-0.39, 0.29) is 17.2 Å². The Bertz CT molecular complexity index is 650. The van der Waals surface area contributed by atoms with E-state index in [1.165, 1.54) is 6.20 Å². The van der Waals surface area contributed by atoms with Crippen molar-refractivity contribution in [2.45, 2.75) is 39.0 Å². The van der Waals surface area contributed by atoms with Gasteiger partial charge in [0.1, 0.15) is 5.75 Å². The van der Waals surface area contributed by atoms with Crippen LogP contribution in [0.15, 0.2) is 30.5 Å². The molecule has 112 valence electrons. The minimum atomic E-state index is -0.506. The predicted molar refractivity (Wildman–Crippen MR) is 83.7 cm³/mol. The summed E-state index contributed by atoms with van der Waals surface area (Å²) >= 11 is 5.71. The van der Waals surface area contributed by atoms with Crippen LogP contribution in [-0.2, 0) is 11.3 Å². The highest BCUT2D eigenvalue weighted by Gasteiger charge is 2.21. The Hall–Kier alpha value is -1.61. The summed E-state index contributed by atoms with van der Waals surface area (Å²) in [4.78, 5) is 3.98. The fourth-order valence-electron chi connectivity index (χ4n) is 2.07. The Balaban J connectivity index is 2.47. The lowest BCUT2D eigenvalue weighted by Gasteiger charge is -2.23. The molecule has 1 heterocycles. The summed E-state index contributed by atoms with van der Waals surface area (Å²) in [5, 5.41) is 0. The molecule has 2 aromatic rings. The van der Waals surface area contributed by atoms with Crippen LogP contribution in [0.4, 0.5) is 4.39 Å². The molecule has 0 aliphatic carbocycles. The standard InChI is InChI=1S/C17H19ClFNO/c1-11-5-6-13(17(2,3)4)14(9-11)21-16-15(19)12(10-18)7-8-20-16/h5-9H,10H2,1-4H3. The first-order valence-electron chi connectivity index (χ1n) is 6.81. The minimum Gasteiger partial charge on any atom is -0.436 e. The van der Waals surface area contributed by atoms with Crippen LogP contribution in [0.3, 0.4) is 0 Å². The summed E-state index contributed by atoms with van der Waals surface area (Å²) in [6, 6.07) is 7.48. The van der Waals surface area contributed by atoms with Crippen molar-refractivity contribution in [1.29, 1.82) is 0 Å². The molecule has 1 aromatic carbocycles. The summed E-state index contributed by atoms with van der Waals surface area (Å²) in [5.74, 6) is 0.170. The molecule has 0 fully saturated rings. The number of rotatable bonds is 3. The van der Waals surface area contributed by atoms with Gasteiger partial charge in [0, 0.05) is 17.3 Å². The molecular weight excluding hydrogens is 289 g/mol. The van der Waals surface area contributed by atoms with Crippen molar-refractivity contribution in [2.75, 3.05) is 0 Å². The zero-order valence-electron chi connectivity index (χ0n) is 12.7. The number of benzene rings is 1. The maximum absolute atomic E-state index is 14.2. The molecule has 0 amide bonds. The molecule has 0 saturated heterocycles. The van der Waals surface area contributed by atoms with Crippen molar-refractivity contribution >= 4 is 11.6 Å². The second-order valence-electron chi connectivity index (χ2n) is 6.07. The SMILES string of the molecule is Cc1ccc(C(C)(C)C)c(Oc2nccc(CCl)c2F)c1. The van der Waals surface area contributed by atoms with Crippen LogP contribution in [0.2, 0.25) is 0 Å². The molecule has 0 bridgehead atoms. The van der Waals surface area contributed by atoms with Crippen molar-refractivity contribution in [3.63, 3.8) is 0 Å². The van der Waals surface area contributed by atoms with Crippen molar-refractivity contribution in [3.05, 3.63) is 53.0 Å². The van der Waals surface area contributed by atoms with Crippen molar-refractivity contribution < 1.29 is 9.13 Å². The Labute approximate surface area is 129 Å². The number of aromatic nitrogens is 1. The number of hydrogen-bond donors (Lipinski definition) is 0. The molecule has 0 unspecified atom stereocenters. The first-order chi connectivity index (χ1) is 9.82. The van der Waals surface area contributed by atoms with Crippen molar-refractivity contribution in [2.24, 2.45) is 0 Å². The Morgan fingerprint density at radius 3 is 2.57 bits per heavy atom. The third-order valence-corrected chi connectivity index (χ3v) is 3.52. The second-order valence-corrected chi connectivity index (χ2v) is 6.34. The largest absolute Gasteiger partial charge is 0.436 e. The van der Waals surface area contributed by atoms with Gasteiger partial charge in [-0.05, 0) is 30.0 Å². The van der Waals surface area contributed by atoms with E-state index in [0.717, 1.165) is 11.1 Å². The lowest BCUT2D eigenvalue weighted by atomic mass is 9.86. The van der Waals surface area contributed by atoms with Gasteiger partial charge in [0.05, 0.1) is 5.88 Å². The van der Waals surface area contributed by atoms with Crippen LogP contribution in [-0.4, -0.2) is 4.98 Å². The molecule has 2 nitrogen and oxygen atoms in total. The second kappa shape index (κ2) is 6.02. The fourth-order valence-corrected chi connectivity index (χ4v) is 2.28. The Morgan fingerprint density at radius 2 is 1.95 bits per heavy atom. The lowest BCUT2D eigenvalue weighted by Crippen LogP contribution is -2.13. The first-order valence-corrected chi connectivity index (χ1v) is 7.34. The van der Waals surface area contributed by atoms with Gasteiger partial charge < -0.3 is 4.74 Å². The zero-order valence-corrected chi connectivity index (χ0v) is 13.5. The van der Waals surface area contributed by atoms with Gasteiger partial charge in [-0.2, -0.15) is 0 Å². The number of nitrogens with zero attached hydrogens (tertiary/aromatic N) is 1. The molecule has 4 heteroatoms. The third kappa shape index (κ3) is 3.53. The van der Waals surface area contributed by atoms with Crippen LogP contribution in [0.25, 0.3) is 0 Å². The molecular formula is C17H19ClFNO. The molecule has 0 saturated carbocycles. The zero-order chi connectivity index (χ0) is 15.6. The molecule has 0 spiro atoms. The van der Waals surface area contributed by atoms with Crippen LogP contribution < -0.4 is 4.74 Å². The highest BCUT2D eigenvalue weighted by molar-refractivity contribution is 6.17. The van der Waals surface area contributed by atoms with Gasteiger partial charge in [0.2, 0.25) is 0 Å². The maximum atomic E-state index is 14.2. The molecule has 0 atom stereocenters. The van der Waals surface area contributed by atoms with Crippen LogP contribution in [0.5, 0.6) is 11.6 Å². The predicted octanol–water partition coefficient (Wildman–Crippen LogP) is 5.36. The first kappa shape index (κ1) is 15.8. The number of ether oxygens (including phenoxy) is 1. The summed E-state index contributed by atoms with van der Waals surface area (Å²) in [6.07, 6.45) is 1.50. The van der Waals surface area contributed by atoms with Gasteiger partial charge in [-0.3, -0.25) is 0 Å². The van der Waals surface area contributed by atoms with E-state index in [9.17, 15) is 4.39 Å². The molecule has 0 aliphatic heterocycles. The van der Waals surface area contributed by atoms with Gasteiger partial charge in [-0.15, -0.1) is 11.6 Å². The van der Waals surface area contributed by atoms with Gasteiger partial charge in [0.25, 0.3) is 5.88 Å². The van der Waals surface area contributed by atoms with E-state index in [4.69, 9.17) is 16.3 Å². The molecule has 2 rings (SSSR count). The molecule has 0 radical (unpaired) electrons. The van der Waals surface area contributed by atoms with Gasteiger partial charge in [-0.25, -0.2) is 9.37 Å². The lowest BCUT2D eigenvalue weighted by molar-refractivity contribution is 0.405. The van der Waals surface area contributed by atoms with E-state index in [1.807, 2.05) is 25.1 Å². The Morgan fingerprint density at radius 1 is 1.24 bits per heavy atom. The number of aryl methyl sites for hydroxylation is 1. The quantitative estimate of drug-likeness (QED) is 0.712. The highest BCUT2D eigenvalue weighted by Crippen LogP contribution is 2.35. The number of pyridine rings is 1. The number of hydrogen-bond acceptors (Lipinski definition) is 2. The molecule has 0 N–H and O–H groups in total. The number of halogens is 2. The van der Waals surface area contributed by atoms with Gasteiger partial charge >= 0.3 is 0 Å². The summed E-state index contributed by atoms with van der Waals surface area (Å²) in [7, 11) is 0. The molecule has 0 aliphatic rings. The van der Waals surface area contributed by atoms with Crippen molar-refractivity contribution in [3.8, 4) is 11.6 Å². The van der Waals surface area contributed by atoms with E-state index in [2.05, 4.69) is 25.8 Å². The average Bonchev–Trinajstić information content (AvgIpc) is 2.40. The van der Waals surface area contributed by atoms with Crippen LogP contribution >= 0.6 is 11.6 Å². The summed E-state index contributed by atoms with van der Waals surface area (Å²) in [6.45, 7) is 8.23. The van der Waals surface area contributed by atoms with E-state index in [0.29, 0.717) is 11.3 Å². The van der Waals surface area contributed by atoms with Gasteiger partial charge in [-0.1, -0.05) is 32.9 Å². The third-order valence-electron chi connectivity index (χ3n) is 3.23. The smallest absolute Gasteiger partial charge is 0.256 e. The molecule has 1 aromatic heterocycles. The van der Waals surface area contributed by atoms with E-state index >= 15 is 0 Å². The topological polar surface area (TPSA) is 22.1 Å². The average molecular weight is 308 g/mol. The Kier molecular flexibility index (Phi) is 4.52. The normalized spacial score (nSPS) is 11.5. The summed E-state index contributed by atoms with van der Waals surface area (Å²) in [5.41, 5.74) is 2.33. The van der Waals surface area contributed by atoms with Gasteiger partial charge in [0.15, 0.2) is 5.82 Å². The highest BCUT2D eigenvalue weighted by atomic mass is 35.5. The van der Waals surface area contributed by atoms with Crippen LogP contribution in [0.1, 0.15) is 37.5 Å². The molecule has 21 heavy (non-hydrogen) atoms.